The Morgan fingerprint density at radius 1 is 0.609 bits per heavy atom. The van der Waals surface area contributed by atoms with E-state index in [2.05, 4.69) is 62.4 Å². The van der Waals surface area contributed by atoms with E-state index < -0.39 is 0 Å². The summed E-state index contributed by atoms with van der Waals surface area (Å²) in [6.45, 7) is 4.32. The van der Waals surface area contributed by atoms with Crippen molar-refractivity contribution in [2.45, 2.75) is 13.8 Å². The maximum absolute atomic E-state index is 9.79. The van der Waals surface area contributed by atoms with Gasteiger partial charge in [-0.15, -0.1) is 0 Å². The van der Waals surface area contributed by atoms with E-state index >= 15 is 0 Å². The summed E-state index contributed by atoms with van der Waals surface area (Å²) < 4.78 is 0. The van der Waals surface area contributed by atoms with E-state index in [1.165, 1.54) is 38.4 Å². The molecule has 112 valence electrons. The van der Waals surface area contributed by atoms with Crippen LogP contribution in [-0.2, 0) is 0 Å². The second-order valence-electron chi connectivity index (χ2n) is 6.14. The van der Waals surface area contributed by atoms with E-state index in [1.807, 2.05) is 12.1 Å². The Bertz CT molecular complexity index is 1040. The van der Waals surface area contributed by atoms with Gasteiger partial charge in [-0.25, -0.2) is 0 Å². The molecule has 0 saturated heterocycles. The van der Waals surface area contributed by atoms with Crippen molar-refractivity contribution in [2.75, 3.05) is 0 Å². The quantitative estimate of drug-likeness (QED) is 0.458. The lowest BCUT2D eigenvalue weighted by atomic mass is 9.88. The Morgan fingerprint density at radius 2 is 1.22 bits per heavy atom. The number of hydrogen-bond acceptors (Lipinski definition) is 1. The van der Waals surface area contributed by atoms with Crippen LogP contribution in [0.25, 0.3) is 32.7 Å². The zero-order valence-electron chi connectivity index (χ0n) is 13.3. The number of fused-ring (bicyclic) bond motifs is 2. The molecule has 4 aromatic rings. The summed E-state index contributed by atoms with van der Waals surface area (Å²) in [5.41, 5.74) is 5.07. The monoisotopic (exact) mass is 298 g/mol. The second kappa shape index (κ2) is 5.13. The molecule has 0 heterocycles. The number of hydrogen-bond donors (Lipinski definition) is 1. The SMILES string of the molecule is Cc1ccc2ccccc2c1-c1c(C)ccc2cc(O)ccc12. The zero-order chi connectivity index (χ0) is 16.0. The fraction of sp³-hybridized carbons (Fsp3) is 0.0909. The number of phenols is 1. The average molecular weight is 298 g/mol. The van der Waals surface area contributed by atoms with Crippen LogP contribution >= 0.6 is 0 Å². The highest BCUT2D eigenvalue weighted by Gasteiger charge is 2.13. The standard InChI is InChI=1S/C22H18O/c1-14-7-9-16-5-3-4-6-19(16)21(14)22-15(2)8-10-17-13-18(23)11-12-20(17)22/h3-13,23H,1-2H3. The third-order valence-electron chi connectivity index (χ3n) is 4.60. The molecule has 0 amide bonds. The molecule has 0 aromatic heterocycles. The van der Waals surface area contributed by atoms with Crippen LogP contribution in [0.5, 0.6) is 5.75 Å². The van der Waals surface area contributed by atoms with Crippen molar-refractivity contribution in [3.8, 4) is 16.9 Å². The Balaban J connectivity index is 2.19. The molecular formula is C22H18O. The molecule has 23 heavy (non-hydrogen) atoms. The van der Waals surface area contributed by atoms with Gasteiger partial charge in [-0.1, -0.05) is 54.6 Å². The van der Waals surface area contributed by atoms with Gasteiger partial charge < -0.3 is 5.11 Å². The van der Waals surface area contributed by atoms with E-state index in [-0.39, 0.29) is 0 Å². The minimum absolute atomic E-state index is 0.307. The second-order valence-corrected chi connectivity index (χ2v) is 6.14. The van der Waals surface area contributed by atoms with Crippen molar-refractivity contribution in [1.29, 1.82) is 0 Å². The first-order valence-corrected chi connectivity index (χ1v) is 7.86. The molecule has 4 rings (SSSR count). The Labute approximate surface area is 135 Å². The predicted octanol–water partition coefficient (Wildman–Crippen LogP) is 5.98. The molecule has 0 bridgehead atoms. The Kier molecular flexibility index (Phi) is 3.09. The van der Waals surface area contributed by atoms with Crippen LogP contribution in [-0.4, -0.2) is 5.11 Å². The molecule has 0 spiro atoms. The minimum atomic E-state index is 0.307. The summed E-state index contributed by atoms with van der Waals surface area (Å²) in [6.07, 6.45) is 0. The summed E-state index contributed by atoms with van der Waals surface area (Å²) in [6, 6.07) is 22.7. The van der Waals surface area contributed by atoms with Crippen LogP contribution in [0.1, 0.15) is 11.1 Å². The van der Waals surface area contributed by atoms with E-state index in [9.17, 15) is 5.11 Å². The minimum Gasteiger partial charge on any atom is -0.508 e. The molecule has 0 unspecified atom stereocenters. The molecule has 0 aliphatic rings. The fourth-order valence-corrected chi connectivity index (χ4v) is 3.47. The number of aryl methyl sites for hydroxylation is 2. The third-order valence-corrected chi connectivity index (χ3v) is 4.60. The van der Waals surface area contributed by atoms with E-state index in [0.29, 0.717) is 5.75 Å². The summed E-state index contributed by atoms with van der Waals surface area (Å²) in [5, 5.41) is 14.6. The van der Waals surface area contributed by atoms with Crippen LogP contribution in [0.3, 0.4) is 0 Å². The van der Waals surface area contributed by atoms with Crippen molar-refractivity contribution >= 4 is 21.5 Å². The van der Waals surface area contributed by atoms with Gasteiger partial charge in [0.25, 0.3) is 0 Å². The molecule has 0 saturated carbocycles. The van der Waals surface area contributed by atoms with Crippen LogP contribution in [0.2, 0.25) is 0 Å². The average Bonchev–Trinajstić information content (AvgIpc) is 2.56. The van der Waals surface area contributed by atoms with Crippen molar-refractivity contribution in [3.63, 3.8) is 0 Å². The highest BCUT2D eigenvalue weighted by Crippen LogP contribution is 2.39. The lowest BCUT2D eigenvalue weighted by Crippen LogP contribution is -1.91. The lowest BCUT2D eigenvalue weighted by Gasteiger charge is -2.16. The topological polar surface area (TPSA) is 20.2 Å². The Hall–Kier alpha value is -2.80. The molecule has 0 fully saturated rings. The van der Waals surface area contributed by atoms with E-state index in [4.69, 9.17) is 0 Å². The molecule has 4 aromatic carbocycles. The summed E-state index contributed by atoms with van der Waals surface area (Å²) in [5.74, 6) is 0.307. The molecule has 1 nitrogen and oxygen atoms in total. The smallest absolute Gasteiger partial charge is 0.116 e. The van der Waals surface area contributed by atoms with Crippen LogP contribution in [0, 0.1) is 13.8 Å². The number of rotatable bonds is 1. The van der Waals surface area contributed by atoms with Gasteiger partial charge in [0.2, 0.25) is 0 Å². The molecule has 1 heteroatoms. The number of aromatic hydroxyl groups is 1. The summed E-state index contributed by atoms with van der Waals surface area (Å²) >= 11 is 0. The van der Waals surface area contributed by atoms with Gasteiger partial charge in [-0.2, -0.15) is 0 Å². The van der Waals surface area contributed by atoms with Gasteiger partial charge in [0, 0.05) is 0 Å². The van der Waals surface area contributed by atoms with Crippen LogP contribution < -0.4 is 0 Å². The van der Waals surface area contributed by atoms with Crippen molar-refractivity contribution in [3.05, 3.63) is 77.9 Å². The van der Waals surface area contributed by atoms with Gasteiger partial charge >= 0.3 is 0 Å². The highest BCUT2D eigenvalue weighted by molar-refractivity contribution is 6.07. The number of phenolic OH excluding ortho intramolecular Hbond substituents is 1. The first-order chi connectivity index (χ1) is 11.1. The van der Waals surface area contributed by atoms with E-state index in [0.717, 1.165) is 5.39 Å². The van der Waals surface area contributed by atoms with Gasteiger partial charge in [0.05, 0.1) is 0 Å². The largest absolute Gasteiger partial charge is 0.508 e. The highest BCUT2D eigenvalue weighted by atomic mass is 16.3. The normalized spacial score (nSPS) is 11.2. The maximum atomic E-state index is 9.79. The van der Waals surface area contributed by atoms with Crippen LogP contribution in [0.4, 0.5) is 0 Å². The van der Waals surface area contributed by atoms with Crippen molar-refractivity contribution in [1.82, 2.24) is 0 Å². The first kappa shape index (κ1) is 13.8. The van der Waals surface area contributed by atoms with Gasteiger partial charge in [0.1, 0.15) is 5.75 Å². The molecule has 0 radical (unpaired) electrons. The molecule has 0 aliphatic carbocycles. The van der Waals surface area contributed by atoms with Crippen LogP contribution in [0.15, 0.2) is 66.7 Å². The predicted molar refractivity (Wildman–Crippen MR) is 98.0 cm³/mol. The first-order valence-electron chi connectivity index (χ1n) is 7.86. The lowest BCUT2D eigenvalue weighted by molar-refractivity contribution is 0.476. The van der Waals surface area contributed by atoms with Gasteiger partial charge in [-0.05, 0) is 69.8 Å². The van der Waals surface area contributed by atoms with Gasteiger partial charge in [0.15, 0.2) is 0 Å². The van der Waals surface area contributed by atoms with E-state index in [1.54, 1.807) is 6.07 Å². The summed E-state index contributed by atoms with van der Waals surface area (Å²) in [7, 11) is 0. The van der Waals surface area contributed by atoms with Crippen molar-refractivity contribution in [2.24, 2.45) is 0 Å². The third kappa shape index (κ3) is 2.17. The maximum Gasteiger partial charge on any atom is 0.116 e. The molecule has 1 N–H and O–H groups in total. The van der Waals surface area contributed by atoms with Crippen molar-refractivity contribution < 1.29 is 5.11 Å². The molecule has 0 aliphatic heterocycles. The number of benzene rings is 4. The summed E-state index contributed by atoms with van der Waals surface area (Å²) in [4.78, 5) is 0. The Morgan fingerprint density at radius 3 is 1.96 bits per heavy atom. The zero-order valence-corrected chi connectivity index (χ0v) is 13.3. The fourth-order valence-electron chi connectivity index (χ4n) is 3.47. The molecular weight excluding hydrogens is 280 g/mol. The molecule has 0 atom stereocenters. The van der Waals surface area contributed by atoms with Gasteiger partial charge in [-0.3, -0.25) is 0 Å².